The van der Waals surface area contributed by atoms with Crippen LogP contribution in [0, 0.1) is 6.92 Å². The highest BCUT2D eigenvalue weighted by molar-refractivity contribution is 5.84. The van der Waals surface area contributed by atoms with Gasteiger partial charge in [-0.05, 0) is 45.5 Å². The largest absolute Gasteiger partial charge is 0.459 e. The van der Waals surface area contributed by atoms with Gasteiger partial charge in [0.05, 0.1) is 12.3 Å². The van der Waals surface area contributed by atoms with E-state index in [1.54, 1.807) is 6.92 Å². The van der Waals surface area contributed by atoms with Crippen molar-refractivity contribution in [1.82, 2.24) is 10.3 Å². The van der Waals surface area contributed by atoms with Crippen molar-refractivity contribution in [2.75, 3.05) is 38.2 Å². The molecule has 6 heteroatoms. The van der Waals surface area contributed by atoms with Crippen LogP contribution in [-0.4, -0.2) is 44.2 Å². The number of esters is 1. The molecule has 2 aromatic rings. The summed E-state index contributed by atoms with van der Waals surface area (Å²) in [4.78, 5) is 18.4. The summed E-state index contributed by atoms with van der Waals surface area (Å²) in [5, 5.41) is 3.18. The molecule has 0 saturated carbocycles. The summed E-state index contributed by atoms with van der Waals surface area (Å²) in [6.07, 6.45) is 0.617. The Morgan fingerprint density at radius 3 is 2.84 bits per heavy atom. The number of nitrogens with zero attached hydrogens (tertiary/aromatic N) is 2. The van der Waals surface area contributed by atoms with Gasteiger partial charge in [-0.3, -0.25) is 0 Å². The van der Waals surface area contributed by atoms with Crippen molar-refractivity contribution in [3.8, 4) is 0 Å². The molecular weight excluding hydrogens is 318 g/mol. The van der Waals surface area contributed by atoms with Crippen LogP contribution in [0.25, 0.3) is 0 Å². The molecule has 0 bridgehead atoms. The number of ether oxygens (including phenoxy) is 1. The molecule has 0 spiro atoms. The lowest BCUT2D eigenvalue weighted by atomic mass is 10.1. The highest BCUT2D eigenvalue weighted by Gasteiger charge is 2.18. The van der Waals surface area contributed by atoms with Crippen molar-refractivity contribution in [2.45, 2.75) is 27.2 Å². The van der Waals surface area contributed by atoms with Crippen LogP contribution in [-0.2, 0) is 11.2 Å². The first-order valence-electron chi connectivity index (χ1n) is 8.70. The zero-order chi connectivity index (χ0) is 18.2. The molecule has 1 aromatic carbocycles. The predicted molar refractivity (Wildman–Crippen MR) is 98.3 cm³/mol. The number of hydrogen-bond acceptors (Lipinski definition) is 6. The maximum absolute atomic E-state index is 11.8. The molecule has 136 valence electrons. The molecule has 1 N–H and O–H groups in total. The molecule has 0 fully saturated rings. The summed E-state index contributed by atoms with van der Waals surface area (Å²) in [6, 6.07) is 8.39. The number of likely N-dealkylation sites (N-methyl/N-ethyl adjacent to an activating group) is 2. The molecule has 0 atom stereocenters. The van der Waals surface area contributed by atoms with Crippen LogP contribution in [0.4, 0.5) is 5.69 Å². The molecule has 1 aromatic heterocycles. The zero-order valence-corrected chi connectivity index (χ0v) is 15.5. The molecule has 0 saturated heterocycles. The molecule has 6 nitrogen and oxygen atoms in total. The zero-order valence-electron chi connectivity index (χ0n) is 15.5. The molecule has 0 amide bonds. The number of aryl methyl sites for hydroxylation is 1. The summed E-state index contributed by atoms with van der Waals surface area (Å²) in [5.41, 5.74) is 3.08. The molecule has 0 radical (unpaired) electrons. The van der Waals surface area contributed by atoms with Crippen molar-refractivity contribution in [3.63, 3.8) is 0 Å². The van der Waals surface area contributed by atoms with Crippen molar-refractivity contribution in [1.29, 1.82) is 0 Å². The minimum atomic E-state index is -0.519. The highest BCUT2D eigenvalue weighted by Crippen LogP contribution is 2.20. The maximum Gasteiger partial charge on any atom is 0.394 e. The van der Waals surface area contributed by atoms with E-state index in [1.807, 2.05) is 20.0 Å². The second kappa shape index (κ2) is 9.22. The number of benzene rings is 1. The van der Waals surface area contributed by atoms with Crippen LogP contribution < -0.4 is 10.2 Å². The summed E-state index contributed by atoms with van der Waals surface area (Å²) >= 11 is 0. The Labute approximate surface area is 149 Å². The standard InChI is InChI=1S/C19H27N3O3/c1-5-22(11-10-20-4)16-9-7-8-15(12-16)13-17-14(3)25-18(21-17)19(23)24-6-2/h7-9,12,20H,5-6,10-11,13H2,1-4H3. The predicted octanol–water partition coefficient (Wildman–Crippen LogP) is 2.80. The van der Waals surface area contributed by atoms with E-state index in [9.17, 15) is 4.79 Å². The third kappa shape index (κ3) is 5.06. The minimum Gasteiger partial charge on any atom is -0.459 e. The first kappa shape index (κ1) is 19.0. The van der Waals surface area contributed by atoms with E-state index >= 15 is 0 Å². The van der Waals surface area contributed by atoms with Crippen molar-refractivity contribution in [3.05, 3.63) is 47.2 Å². The van der Waals surface area contributed by atoms with Crippen LogP contribution >= 0.6 is 0 Å². The van der Waals surface area contributed by atoms with Gasteiger partial charge < -0.3 is 19.4 Å². The molecule has 0 unspecified atom stereocenters. The minimum absolute atomic E-state index is 0.0229. The maximum atomic E-state index is 11.8. The van der Waals surface area contributed by atoms with Gasteiger partial charge in [0.15, 0.2) is 0 Å². The third-order valence-corrected chi connectivity index (χ3v) is 4.00. The Kier molecular flexibility index (Phi) is 7.01. The van der Waals surface area contributed by atoms with E-state index in [-0.39, 0.29) is 5.89 Å². The lowest BCUT2D eigenvalue weighted by molar-refractivity contribution is 0.0479. The lowest BCUT2D eigenvalue weighted by Crippen LogP contribution is -2.30. The first-order chi connectivity index (χ1) is 12.1. The van der Waals surface area contributed by atoms with E-state index in [0.29, 0.717) is 18.8 Å². The Hall–Kier alpha value is -2.34. The first-order valence-corrected chi connectivity index (χ1v) is 8.70. The molecule has 25 heavy (non-hydrogen) atoms. The second-order valence-corrected chi connectivity index (χ2v) is 5.77. The van der Waals surface area contributed by atoms with Crippen LogP contribution in [0.1, 0.15) is 41.6 Å². The second-order valence-electron chi connectivity index (χ2n) is 5.77. The number of carbonyl (C=O) groups is 1. The fourth-order valence-electron chi connectivity index (χ4n) is 2.65. The molecule has 1 heterocycles. The quantitative estimate of drug-likeness (QED) is 0.705. The number of rotatable bonds is 9. The van der Waals surface area contributed by atoms with Gasteiger partial charge >= 0.3 is 11.9 Å². The Bertz CT molecular complexity index is 697. The van der Waals surface area contributed by atoms with Gasteiger partial charge in [0.2, 0.25) is 0 Å². The van der Waals surface area contributed by atoms with Crippen LogP contribution in [0.3, 0.4) is 0 Å². The monoisotopic (exact) mass is 345 g/mol. The highest BCUT2D eigenvalue weighted by atomic mass is 16.5. The van der Waals surface area contributed by atoms with Crippen molar-refractivity contribution in [2.24, 2.45) is 0 Å². The fourth-order valence-corrected chi connectivity index (χ4v) is 2.65. The SMILES string of the molecule is CCOC(=O)c1nc(Cc2cccc(N(CC)CCNC)c2)c(C)o1. The molecule has 0 aliphatic rings. The Morgan fingerprint density at radius 2 is 2.16 bits per heavy atom. The van der Waals surface area contributed by atoms with E-state index in [1.165, 1.54) is 5.69 Å². The average Bonchev–Trinajstić information content (AvgIpc) is 2.97. The summed E-state index contributed by atoms with van der Waals surface area (Å²) in [5.74, 6) is 0.153. The van der Waals surface area contributed by atoms with Gasteiger partial charge in [0, 0.05) is 31.7 Å². The molecular formula is C19H27N3O3. The van der Waals surface area contributed by atoms with Gasteiger partial charge in [-0.25, -0.2) is 9.78 Å². The van der Waals surface area contributed by atoms with Crippen LogP contribution in [0.15, 0.2) is 28.7 Å². The Morgan fingerprint density at radius 1 is 1.36 bits per heavy atom. The fraction of sp³-hybridized carbons (Fsp3) is 0.474. The van der Waals surface area contributed by atoms with Gasteiger partial charge in [-0.15, -0.1) is 0 Å². The van der Waals surface area contributed by atoms with Gasteiger partial charge in [-0.2, -0.15) is 0 Å². The van der Waals surface area contributed by atoms with E-state index < -0.39 is 5.97 Å². The number of carbonyl (C=O) groups excluding carboxylic acids is 1. The number of hydrogen-bond donors (Lipinski definition) is 1. The number of nitrogens with one attached hydrogen (secondary N) is 1. The van der Waals surface area contributed by atoms with E-state index in [2.05, 4.69) is 40.3 Å². The van der Waals surface area contributed by atoms with Crippen molar-refractivity contribution >= 4 is 11.7 Å². The molecule has 2 rings (SSSR count). The van der Waals surface area contributed by atoms with E-state index in [4.69, 9.17) is 9.15 Å². The van der Waals surface area contributed by atoms with Gasteiger partial charge in [-0.1, -0.05) is 12.1 Å². The number of oxazole rings is 1. The average molecular weight is 345 g/mol. The number of aromatic nitrogens is 1. The van der Waals surface area contributed by atoms with Gasteiger partial charge in [0.1, 0.15) is 5.76 Å². The summed E-state index contributed by atoms with van der Waals surface area (Å²) in [6.45, 7) is 8.86. The summed E-state index contributed by atoms with van der Waals surface area (Å²) in [7, 11) is 1.96. The van der Waals surface area contributed by atoms with Gasteiger partial charge in [0.25, 0.3) is 0 Å². The molecule has 0 aliphatic heterocycles. The number of anilines is 1. The smallest absolute Gasteiger partial charge is 0.394 e. The van der Waals surface area contributed by atoms with E-state index in [0.717, 1.165) is 30.9 Å². The van der Waals surface area contributed by atoms with Crippen LogP contribution in [0.5, 0.6) is 0 Å². The molecule has 0 aliphatic carbocycles. The normalized spacial score (nSPS) is 10.7. The lowest BCUT2D eigenvalue weighted by Gasteiger charge is -2.23. The summed E-state index contributed by atoms with van der Waals surface area (Å²) < 4.78 is 10.4. The van der Waals surface area contributed by atoms with Crippen molar-refractivity contribution < 1.29 is 13.9 Å². The Balaban J connectivity index is 2.15. The van der Waals surface area contributed by atoms with Crippen LogP contribution in [0.2, 0.25) is 0 Å². The topological polar surface area (TPSA) is 67.6 Å². The third-order valence-electron chi connectivity index (χ3n) is 4.00.